The molecule has 0 aromatic heterocycles. The topological polar surface area (TPSA) is 40.2 Å². The predicted molar refractivity (Wildman–Crippen MR) is 95.4 cm³/mol. The van der Waals surface area contributed by atoms with E-state index in [0.717, 1.165) is 47.9 Å². The summed E-state index contributed by atoms with van der Waals surface area (Å²) in [6.07, 6.45) is 1.88. The van der Waals surface area contributed by atoms with Gasteiger partial charge in [0, 0.05) is 29.8 Å². The summed E-state index contributed by atoms with van der Waals surface area (Å²) in [5.41, 5.74) is 3.69. The van der Waals surface area contributed by atoms with Crippen molar-refractivity contribution in [2.75, 3.05) is 34.9 Å². The van der Waals surface area contributed by atoms with Crippen molar-refractivity contribution in [3.63, 3.8) is 0 Å². The third kappa shape index (κ3) is 2.50. The lowest BCUT2D eigenvalue weighted by molar-refractivity contribution is 0.228. The third-order valence-electron chi connectivity index (χ3n) is 5.26. The first-order valence-electron chi connectivity index (χ1n) is 8.49. The van der Waals surface area contributed by atoms with Crippen LogP contribution in [0.5, 0.6) is 28.7 Å². The Bertz CT molecular complexity index is 818. The van der Waals surface area contributed by atoms with Crippen molar-refractivity contribution >= 4 is 0 Å². The Hall–Kier alpha value is -2.40. The van der Waals surface area contributed by atoms with Crippen LogP contribution < -0.4 is 18.9 Å². The van der Waals surface area contributed by atoms with E-state index in [1.807, 2.05) is 18.2 Å². The molecule has 0 spiro atoms. The van der Waals surface area contributed by atoms with Gasteiger partial charge in [-0.2, -0.15) is 0 Å². The average molecular weight is 341 g/mol. The molecular weight excluding hydrogens is 318 g/mol. The van der Waals surface area contributed by atoms with Crippen molar-refractivity contribution in [2.45, 2.75) is 18.9 Å². The molecule has 4 rings (SSSR count). The molecule has 0 aliphatic carbocycles. The Morgan fingerprint density at radius 2 is 1.68 bits per heavy atom. The van der Waals surface area contributed by atoms with Crippen LogP contribution in [-0.4, -0.2) is 39.8 Å². The molecule has 0 amide bonds. The maximum absolute atomic E-state index is 6.37. The molecule has 2 heterocycles. The lowest BCUT2D eigenvalue weighted by atomic mass is 9.88. The van der Waals surface area contributed by atoms with Gasteiger partial charge in [0.1, 0.15) is 5.75 Å². The largest absolute Gasteiger partial charge is 0.493 e. The summed E-state index contributed by atoms with van der Waals surface area (Å²) in [5, 5.41) is 0. The van der Waals surface area contributed by atoms with Crippen LogP contribution in [0.4, 0.5) is 0 Å². The zero-order chi connectivity index (χ0) is 17.6. The molecule has 5 heteroatoms. The molecule has 0 N–H and O–H groups in total. The van der Waals surface area contributed by atoms with Gasteiger partial charge in [-0.25, -0.2) is 0 Å². The molecule has 0 saturated carbocycles. The first-order valence-corrected chi connectivity index (χ1v) is 8.49. The van der Waals surface area contributed by atoms with E-state index >= 15 is 0 Å². The second kappa shape index (κ2) is 6.15. The van der Waals surface area contributed by atoms with E-state index in [1.54, 1.807) is 21.3 Å². The molecule has 0 fully saturated rings. The fraction of sp³-hybridized carbons (Fsp3) is 0.400. The normalized spacial score (nSPS) is 18.5. The number of ether oxygens (including phenoxy) is 4. The van der Waals surface area contributed by atoms with E-state index in [4.69, 9.17) is 18.9 Å². The van der Waals surface area contributed by atoms with Gasteiger partial charge in [0.15, 0.2) is 23.0 Å². The smallest absolute Gasteiger partial charge is 0.174 e. The number of methoxy groups -OCH3 is 3. The minimum Gasteiger partial charge on any atom is -0.493 e. The van der Waals surface area contributed by atoms with Crippen molar-refractivity contribution in [2.24, 2.45) is 0 Å². The monoisotopic (exact) mass is 341 g/mol. The SMILES string of the molecule is COc1cc2c(cc1OC)Oc1c(OC)ccc3c1[C@@H](C2)N(C)CC3. The standard InChI is InChI=1S/C20H23NO4/c1-21-8-7-12-5-6-15(22-2)20-19(12)14(21)9-13-10-17(23-3)18(24-4)11-16(13)25-20/h5-6,10-11,14H,7-9H2,1-4H3/t14-/m1/s1. The number of hydrogen-bond acceptors (Lipinski definition) is 5. The van der Waals surface area contributed by atoms with Crippen LogP contribution >= 0.6 is 0 Å². The van der Waals surface area contributed by atoms with Crippen LogP contribution in [0.2, 0.25) is 0 Å². The lowest BCUT2D eigenvalue weighted by Gasteiger charge is -2.34. The van der Waals surface area contributed by atoms with Crippen LogP contribution in [0.1, 0.15) is 22.7 Å². The van der Waals surface area contributed by atoms with E-state index < -0.39 is 0 Å². The fourth-order valence-electron chi connectivity index (χ4n) is 3.88. The number of benzene rings is 2. The highest BCUT2D eigenvalue weighted by Crippen LogP contribution is 2.50. The molecule has 0 radical (unpaired) electrons. The van der Waals surface area contributed by atoms with Gasteiger partial charge in [0.05, 0.1) is 21.3 Å². The number of fused-ring (bicyclic) bond motifs is 1. The number of likely N-dealkylation sites (N-methyl/N-ethyl adjacent to an activating group) is 1. The van der Waals surface area contributed by atoms with Crippen LogP contribution in [-0.2, 0) is 12.8 Å². The summed E-state index contributed by atoms with van der Waals surface area (Å²) >= 11 is 0. The Labute approximate surface area is 148 Å². The molecule has 25 heavy (non-hydrogen) atoms. The summed E-state index contributed by atoms with van der Waals surface area (Å²) < 4.78 is 22.9. The number of hydrogen-bond donors (Lipinski definition) is 0. The van der Waals surface area contributed by atoms with Gasteiger partial charge >= 0.3 is 0 Å². The molecule has 0 unspecified atom stereocenters. The molecule has 5 nitrogen and oxygen atoms in total. The molecule has 132 valence electrons. The van der Waals surface area contributed by atoms with Gasteiger partial charge in [-0.3, -0.25) is 4.90 Å². The van der Waals surface area contributed by atoms with Gasteiger partial charge in [-0.1, -0.05) is 6.07 Å². The van der Waals surface area contributed by atoms with Crippen LogP contribution in [0.3, 0.4) is 0 Å². The highest BCUT2D eigenvalue weighted by atomic mass is 16.5. The second-order valence-electron chi connectivity index (χ2n) is 6.54. The minimum absolute atomic E-state index is 0.258. The van der Waals surface area contributed by atoms with Crippen molar-refractivity contribution in [1.82, 2.24) is 4.90 Å². The second-order valence-corrected chi connectivity index (χ2v) is 6.54. The van der Waals surface area contributed by atoms with Gasteiger partial charge in [0.25, 0.3) is 0 Å². The molecule has 2 aromatic rings. The zero-order valence-electron chi connectivity index (χ0n) is 15.1. The summed E-state index contributed by atoms with van der Waals surface area (Å²) in [6.45, 7) is 1.03. The van der Waals surface area contributed by atoms with Crippen LogP contribution in [0.25, 0.3) is 0 Å². The van der Waals surface area contributed by atoms with E-state index in [-0.39, 0.29) is 6.04 Å². The van der Waals surface area contributed by atoms with Gasteiger partial charge in [-0.15, -0.1) is 0 Å². The third-order valence-corrected chi connectivity index (χ3v) is 5.26. The molecule has 1 atom stereocenters. The van der Waals surface area contributed by atoms with E-state index in [2.05, 4.69) is 18.0 Å². The quantitative estimate of drug-likeness (QED) is 0.853. The minimum atomic E-state index is 0.258. The fourth-order valence-corrected chi connectivity index (χ4v) is 3.88. The van der Waals surface area contributed by atoms with Crippen molar-refractivity contribution in [1.29, 1.82) is 0 Å². The first kappa shape index (κ1) is 16.1. The number of rotatable bonds is 3. The molecule has 2 aliphatic heterocycles. The van der Waals surface area contributed by atoms with Crippen molar-refractivity contribution in [3.8, 4) is 28.7 Å². The van der Waals surface area contributed by atoms with E-state index in [9.17, 15) is 0 Å². The van der Waals surface area contributed by atoms with Gasteiger partial charge in [-0.05, 0) is 37.6 Å². The van der Waals surface area contributed by atoms with Gasteiger partial charge < -0.3 is 18.9 Å². The van der Waals surface area contributed by atoms with Crippen LogP contribution in [0.15, 0.2) is 24.3 Å². The Morgan fingerprint density at radius 3 is 2.40 bits per heavy atom. The Morgan fingerprint density at radius 1 is 0.960 bits per heavy atom. The van der Waals surface area contributed by atoms with E-state index in [0.29, 0.717) is 5.75 Å². The first-order chi connectivity index (χ1) is 12.2. The maximum atomic E-state index is 6.37. The van der Waals surface area contributed by atoms with Gasteiger partial charge in [0.2, 0.25) is 0 Å². The Kier molecular flexibility index (Phi) is 3.96. The number of nitrogens with zero attached hydrogens (tertiary/aromatic N) is 1. The molecule has 0 saturated heterocycles. The Balaban J connectivity index is 1.93. The lowest BCUT2D eigenvalue weighted by Crippen LogP contribution is -2.33. The molecule has 2 aromatic carbocycles. The van der Waals surface area contributed by atoms with E-state index in [1.165, 1.54) is 11.1 Å². The van der Waals surface area contributed by atoms with Crippen LogP contribution in [0, 0.1) is 0 Å². The highest BCUT2D eigenvalue weighted by molar-refractivity contribution is 5.60. The summed E-state index contributed by atoms with van der Waals surface area (Å²) in [7, 11) is 7.15. The predicted octanol–water partition coefficient (Wildman–Crippen LogP) is 3.59. The van der Waals surface area contributed by atoms with Crippen molar-refractivity contribution in [3.05, 3.63) is 41.0 Å². The molecular formula is C20H23NO4. The summed E-state index contributed by atoms with van der Waals surface area (Å²) in [6, 6.07) is 8.35. The van der Waals surface area contributed by atoms with Crippen molar-refractivity contribution < 1.29 is 18.9 Å². The molecule has 0 bridgehead atoms. The average Bonchev–Trinajstić information content (AvgIpc) is 2.81. The molecule has 2 aliphatic rings. The maximum Gasteiger partial charge on any atom is 0.174 e. The summed E-state index contributed by atoms with van der Waals surface area (Å²) in [4.78, 5) is 2.39. The summed E-state index contributed by atoms with van der Waals surface area (Å²) in [5.74, 6) is 3.78. The highest BCUT2D eigenvalue weighted by Gasteiger charge is 2.34. The zero-order valence-corrected chi connectivity index (χ0v) is 15.1.